The predicted molar refractivity (Wildman–Crippen MR) is 74.0 cm³/mol. The third kappa shape index (κ3) is 3.37. The summed E-state index contributed by atoms with van der Waals surface area (Å²) < 4.78 is 5.61. The molecule has 0 aliphatic rings. The highest BCUT2D eigenvalue weighted by Gasteiger charge is 2.02. The molecule has 4 heteroatoms. The Balaban J connectivity index is 1.92. The molecule has 18 heavy (non-hydrogen) atoms. The van der Waals surface area contributed by atoms with Crippen LogP contribution in [-0.2, 0) is 6.42 Å². The molecule has 0 atom stereocenters. The van der Waals surface area contributed by atoms with Crippen LogP contribution in [0.2, 0.25) is 5.02 Å². The van der Waals surface area contributed by atoms with E-state index in [1.165, 1.54) is 5.56 Å². The van der Waals surface area contributed by atoms with Crippen molar-refractivity contribution < 1.29 is 4.74 Å². The highest BCUT2D eigenvalue weighted by atomic mass is 35.5. The molecular formula is C14H15ClN2O. The van der Waals surface area contributed by atoms with Gasteiger partial charge in [0.15, 0.2) is 0 Å². The summed E-state index contributed by atoms with van der Waals surface area (Å²) >= 11 is 6.02. The second-order valence-electron chi connectivity index (χ2n) is 4.11. The number of halogens is 1. The normalized spacial score (nSPS) is 10.3. The van der Waals surface area contributed by atoms with Crippen LogP contribution in [0.4, 0.5) is 5.69 Å². The smallest absolute Gasteiger partial charge is 0.138 e. The lowest BCUT2D eigenvalue weighted by atomic mass is 10.2. The van der Waals surface area contributed by atoms with Crippen LogP contribution < -0.4 is 10.5 Å². The lowest BCUT2D eigenvalue weighted by Gasteiger charge is -2.08. The SMILES string of the molecule is Cc1ccnc(CCOc2ccc(N)cc2Cl)c1. The molecule has 0 saturated heterocycles. The number of benzene rings is 1. The van der Waals surface area contributed by atoms with Crippen molar-refractivity contribution >= 4 is 17.3 Å². The summed E-state index contributed by atoms with van der Waals surface area (Å²) in [4.78, 5) is 4.27. The van der Waals surface area contributed by atoms with Crippen LogP contribution >= 0.6 is 11.6 Å². The van der Waals surface area contributed by atoms with Gasteiger partial charge in [-0.3, -0.25) is 4.98 Å². The minimum absolute atomic E-state index is 0.534. The number of rotatable bonds is 4. The zero-order valence-electron chi connectivity index (χ0n) is 10.2. The molecule has 0 spiro atoms. The average Bonchev–Trinajstić information content (AvgIpc) is 2.32. The summed E-state index contributed by atoms with van der Waals surface area (Å²) in [5, 5.41) is 0.534. The summed E-state index contributed by atoms with van der Waals surface area (Å²) in [6, 6.07) is 9.25. The van der Waals surface area contributed by atoms with E-state index < -0.39 is 0 Å². The van der Waals surface area contributed by atoms with E-state index in [9.17, 15) is 0 Å². The lowest BCUT2D eigenvalue weighted by molar-refractivity contribution is 0.321. The first-order chi connectivity index (χ1) is 8.65. The summed E-state index contributed by atoms with van der Waals surface area (Å²) in [6.45, 7) is 2.59. The van der Waals surface area contributed by atoms with Gasteiger partial charge in [-0.1, -0.05) is 11.6 Å². The molecule has 2 N–H and O–H groups in total. The maximum absolute atomic E-state index is 6.02. The zero-order chi connectivity index (χ0) is 13.0. The number of pyridine rings is 1. The number of anilines is 1. The van der Waals surface area contributed by atoms with Crippen molar-refractivity contribution in [3.8, 4) is 5.75 Å². The summed E-state index contributed by atoms with van der Waals surface area (Å²) in [5.74, 6) is 0.651. The number of nitrogen functional groups attached to an aromatic ring is 1. The van der Waals surface area contributed by atoms with Crippen molar-refractivity contribution in [2.45, 2.75) is 13.3 Å². The maximum atomic E-state index is 6.02. The predicted octanol–water partition coefficient (Wildman–Crippen LogP) is 3.25. The molecule has 2 rings (SSSR count). The van der Waals surface area contributed by atoms with Gasteiger partial charge in [-0.05, 0) is 42.8 Å². The zero-order valence-corrected chi connectivity index (χ0v) is 10.9. The van der Waals surface area contributed by atoms with Crippen LogP contribution in [0.5, 0.6) is 5.75 Å². The Morgan fingerprint density at radius 1 is 1.28 bits per heavy atom. The van der Waals surface area contributed by atoms with E-state index in [0.717, 1.165) is 12.1 Å². The fraction of sp³-hybridized carbons (Fsp3) is 0.214. The van der Waals surface area contributed by atoms with Crippen molar-refractivity contribution in [1.82, 2.24) is 4.98 Å². The molecule has 2 aromatic rings. The number of hydrogen-bond donors (Lipinski definition) is 1. The van der Waals surface area contributed by atoms with Gasteiger partial charge in [-0.2, -0.15) is 0 Å². The van der Waals surface area contributed by atoms with Gasteiger partial charge in [0.25, 0.3) is 0 Å². The number of aromatic nitrogens is 1. The van der Waals surface area contributed by atoms with Gasteiger partial charge in [0, 0.05) is 24.0 Å². The van der Waals surface area contributed by atoms with E-state index in [1.807, 2.05) is 19.1 Å². The Bertz CT molecular complexity index is 543. The van der Waals surface area contributed by atoms with E-state index in [0.29, 0.717) is 23.1 Å². The first-order valence-corrected chi connectivity index (χ1v) is 6.12. The first kappa shape index (κ1) is 12.7. The van der Waals surface area contributed by atoms with Crippen molar-refractivity contribution in [3.05, 3.63) is 52.8 Å². The Hall–Kier alpha value is -1.74. The second-order valence-corrected chi connectivity index (χ2v) is 4.52. The van der Waals surface area contributed by atoms with Crippen LogP contribution in [0.3, 0.4) is 0 Å². The summed E-state index contributed by atoms with van der Waals surface area (Å²) in [7, 11) is 0. The fourth-order valence-corrected chi connectivity index (χ4v) is 1.88. The Morgan fingerprint density at radius 3 is 2.83 bits per heavy atom. The molecule has 0 bridgehead atoms. The molecule has 0 fully saturated rings. The number of nitrogens with zero attached hydrogens (tertiary/aromatic N) is 1. The standard InChI is InChI=1S/C14H15ClN2O/c1-10-4-6-17-12(8-10)5-7-18-14-3-2-11(16)9-13(14)15/h2-4,6,8-9H,5,7,16H2,1H3. The monoisotopic (exact) mass is 262 g/mol. The number of hydrogen-bond acceptors (Lipinski definition) is 3. The van der Waals surface area contributed by atoms with Crippen LogP contribution in [0.25, 0.3) is 0 Å². The van der Waals surface area contributed by atoms with Gasteiger partial charge in [-0.25, -0.2) is 0 Å². The Kier molecular flexibility index (Phi) is 4.05. The van der Waals surface area contributed by atoms with E-state index in [-0.39, 0.29) is 0 Å². The number of aryl methyl sites for hydroxylation is 1. The Labute approximate surface area is 112 Å². The highest BCUT2D eigenvalue weighted by Crippen LogP contribution is 2.26. The first-order valence-electron chi connectivity index (χ1n) is 5.74. The van der Waals surface area contributed by atoms with E-state index in [4.69, 9.17) is 22.1 Å². The third-order valence-electron chi connectivity index (χ3n) is 2.54. The largest absolute Gasteiger partial charge is 0.492 e. The van der Waals surface area contributed by atoms with Gasteiger partial charge in [0.2, 0.25) is 0 Å². The quantitative estimate of drug-likeness (QED) is 0.861. The molecule has 3 nitrogen and oxygen atoms in total. The molecule has 0 saturated carbocycles. The molecule has 0 amide bonds. The minimum Gasteiger partial charge on any atom is -0.492 e. The minimum atomic E-state index is 0.534. The van der Waals surface area contributed by atoms with Gasteiger partial charge >= 0.3 is 0 Å². The van der Waals surface area contributed by atoms with E-state index in [2.05, 4.69) is 4.98 Å². The molecule has 1 aromatic carbocycles. The highest BCUT2D eigenvalue weighted by molar-refractivity contribution is 6.32. The topological polar surface area (TPSA) is 48.1 Å². The average molecular weight is 263 g/mol. The van der Waals surface area contributed by atoms with Crippen molar-refractivity contribution in [1.29, 1.82) is 0 Å². The summed E-state index contributed by atoms with van der Waals surface area (Å²) in [6.07, 6.45) is 2.56. The van der Waals surface area contributed by atoms with E-state index >= 15 is 0 Å². The molecule has 94 valence electrons. The van der Waals surface area contributed by atoms with Crippen LogP contribution in [0, 0.1) is 6.92 Å². The van der Waals surface area contributed by atoms with Gasteiger partial charge < -0.3 is 10.5 Å². The fourth-order valence-electron chi connectivity index (χ4n) is 1.64. The molecule has 0 aliphatic heterocycles. The molecule has 1 aromatic heterocycles. The molecule has 0 unspecified atom stereocenters. The molecule has 0 radical (unpaired) electrons. The maximum Gasteiger partial charge on any atom is 0.138 e. The van der Waals surface area contributed by atoms with Crippen LogP contribution in [-0.4, -0.2) is 11.6 Å². The lowest BCUT2D eigenvalue weighted by Crippen LogP contribution is -2.03. The molecule has 0 aliphatic carbocycles. The van der Waals surface area contributed by atoms with E-state index in [1.54, 1.807) is 24.4 Å². The molecule has 1 heterocycles. The van der Waals surface area contributed by atoms with Crippen LogP contribution in [0.1, 0.15) is 11.3 Å². The van der Waals surface area contributed by atoms with Gasteiger partial charge in [0.05, 0.1) is 11.6 Å². The number of nitrogens with two attached hydrogens (primary N) is 1. The van der Waals surface area contributed by atoms with Crippen LogP contribution in [0.15, 0.2) is 36.5 Å². The van der Waals surface area contributed by atoms with Crippen molar-refractivity contribution in [2.24, 2.45) is 0 Å². The Morgan fingerprint density at radius 2 is 2.11 bits per heavy atom. The second kappa shape index (κ2) is 5.74. The number of ether oxygens (including phenoxy) is 1. The van der Waals surface area contributed by atoms with Gasteiger partial charge in [-0.15, -0.1) is 0 Å². The summed E-state index contributed by atoms with van der Waals surface area (Å²) in [5.41, 5.74) is 8.46. The third-order valence-corrected chi connectivity index (χ3v) is 2.84. The van der Waals surface area contributed by atoms with Crippen molar-refractivity contribution in [2.75, 3.05) is 12.3 Å². The van der Waals surface area contributed by atoms with Gasteiger partial charge in [0.1, 0.15) is 5.75 Å². The van der Waals surface area contributed by atoms with Crippen molar-refractivity contribution in [3.63, 3.8) is 0 Å². The molecular weight excluding hydrogens is 248 g/mol.